The molecule has 2 aromatic heterocycles. The van der Waals surface area contributed by atoms with Gasteiger partial charge in [0.1, 0.15) is 11.4 Å². The van der Waals surface area contributed by atoms with E-state index in [1.54, 1.807) is 37.5 Å². The van der Waals surface area contributed by atoms with Crippen LogP contribution in [0, 0.1) is 12.8 Å². The molecule has 0 fully saturated rings. The maximum atomic E-state index is 13.1. The van der Waals surface area contributed by atoms with Gasteiger partial charge in [-0.25, -0.2) is 9.56 Å². The van der Waals surface area contributed by atoms with Crippen LogP contribution in [-0.4, -0.2) is 22.6 Å². The Morgan fingerprint density at radius 3 is 2.77 bits per heavy atom. The van der Waals surface area contributed by atoms with Crippen LogP contribution in [0.1, 0.15) is 19.6 Å². The molecule has 134 valence electrons. The number of benzene rings is 1. The Balaban J connectivity index is 2.11. The Hall–Kier alpha value is -2.73. The van der Waals surface area contributed by atoms with Crippen molar-refractivity contribution in [2.75, 3.05) is 11.4 Å². The van der Waals surface area contributed by atoms with E-state index in [0.717, 1.165) is 0 Å². The lowest BCUT2D eigenvalue weighted by Crippen LogP contribution is -2.30. The predicted octanol–water partition coefficient (Wildman–Crippen LogP) is 4.39. The minimum atomic E-state index is -0.363. The highest BCUT2D eigenvalue weighted by molar-refractivity contribution is 6.30. The summed E-state index contributed by atoms with van der Waals surface area (Å²) in [6.45, 7) is 6.52. The number of anilines is 1. The standard InChI is InChI=1S/C19H18ClN3O3/c1-10(2)8-22-9-21-17-15-14(11(3)26-17)18(24)23(19(25)16(15)22)13-6-4-5-12(20)7-13/h4-7,9-10,25H,8H2,1-3H3. The van der Waals surface area contributed by atoms with E-state index in [1.807, 2.05) is 4.90 Å². The second kappa shape index (κ2) is 5.92. The second-order valence-electron chi connectivity index (χ2n) is 6.80. The molecule has 3 heterocycles. The molecule has 0 unspecified atom stereocenters. The quantitative estimate of drug-likeness (QED) is 0.741. The lowest BCUT2D eigenvalue weighted by molar-refractivity contribution is 0.437. The Morgan fingerprint density at radius 1 is 1.31 bits per heavy atom. The van der Waals surface area contributed by atoms with E-state index in [1.165, 1.54) is 4.57 Å². The van der Waals surface area contributed by atoms with Gasteiger partial charge in [0, 0.05) is 11.6 Å². The largest absolute Gasteiger partial charge is 0.493 e. The Labute approximate surface area is 154 Å². The maximum absolute atomic E-state index is 13.1. The topological polar surface area (TPSA) is 71.0 Å². The first kappa shape index (κ1) is 16.7. The summed E-state index contributed by atoms with van der Waals surface area (Å²) < 4.78 is 6.94. The number of aryl methyl sites for hydroxylation is 1. The van der Waals surface area contributed by atoms with Crippen molar-refractivity contribution >= 4 is 40.3 Å². The van der Waals surface area contributed by atoms with Gasteiger partial charge in [-0.3, -0.25) is 4.79 Å². The molecule has 6 nitrogen and oxygen atoms in total. The third kappa shape index (κ3) is 2.41. The summed E-state index contributed by atoms with van der Waals surface area (Å²) in [4.78, 5) is 19.3. The van der Waals surface area contributed by atoms with E-state index in [0.29, 0.717) is 51.3 Å². The van der Waals surface area contributed by atoms with Crippen LogP contribution >= 0.6 is 11.6 Å². The number of halogens is 1. The van der Waals surface area contributed by atoms with Gasteiger partial charge in [-0.1, -0.05) is 31.5 Å². The Kier molecular flexibility index (Phi) is 3.80. The number of aliphatic imine (C=N–C) groups is 1. The lowest BCUT2D eigenvalue weighted by Gasteiger charge is -2.26. The highest BCUT2D eigenvalue weighted by Gasteiger charge is 2.30. The maximum Gasteiger partial charge on any atom is 0.269 e. The van der Waals surface area contributed by atoms with Gasteiger partial charge in [0.15, 0.2) is 0 Å². The van der Waals surface area contributed by atoms with Crippen molar-refractivity contribution in [1.29, 1.82) is 0 Å². The third-order valence-corrected chi connectivity index (χ3v) is 4.61. The monoisotopic (exact) mass is 371 g/mol. The van der Waals surface area contributed by atoms with Crippen LogP contribution in [-0.2, 0) is 0 Å². The molecule has 1 aromatic carbocycles. The van der Waals surface area contributed by atoms with Crippen LogP contribution in [0.5, 0.6) is 5.88 Å². The van der Waals surface area contributed by atoms with Gasteiger partial charge < -0.3 is 14.4 Å². The first-order valence-electron chi connectivity index (χ1n) is 8.36. The summed E-state index contributed by atoms with van der Waals surface area (Å²) in [6, 6.07) is 6.82. The predicted molar refractivity (Wildman–Crippen MR) is 104 cm³/mol. The number of rotatable bonds is 3. The molecule has 4 rings (SSSR count). The van der Waals surface area contributed by atoms with E-state index in [-0.39, 0.29) is 11.4 Å². The molecule has 1 N–H and O–H groups in total. The van der Waals surface area contributed by atoms with Crippen LogP contribution in [0.4, 0.5) is 11.6 Å². The molecule has 0 saturated heterocycles. The Morgan fingerprint density at radius 2 is 2.08 bits per heavy atom. The number of hydrogen-bond donors (Lipinski definition) is 1. The van der Waals surface area contributed by atoms with E-state index < -0.39 is 0 Å². The number of aromatic hydroxyl groups is 1. The first-order chi connectivity index (χ1) is 12.4. The van der Waals surface area contributed by atoms with Crippen molar-refractivity contribution in [1.82, 2.24) is 4.57 Å². The van der Waals surface area contributed by atoms with Gasteiger partial charge in [-0.15, -0.1) is 0 Å². The highest BCUT2D eigenvalue weighted by atomic mass is 35.5. The minimum Gasteiger partial charge on any atom is -0.493 e. The average molecular weight is 372 g/mol. The SMILES string of the molecule is Cc1oc2c3c(c(O)n(-c4cccc(Cl)c4)c(=O)c13)N(CC(C)C)C=N2. The number of pyridine rings is 1. The van der Waals surface area contributed by atoms with E-state index >= 15 is 0 Å². The molecule has 1 aliphatic heterocycles. The van der Waals surface area contributed by atoms with Crippen LogP contribution < -0.4 is 10.5 Å². The van der Waals surface area contributed by atoms with Gasteiger partial charge in [-0.2, -0.15) is 0 Å². The number of aromatic nitrogens is 1. The van der Waals surface area contributed by atoms with Crippen molar-refractivity contribution < 1.29 is 9.52 Å². The number of hydrogen-bond acceptors (Lipinski definition) is 5. The van der Waals surface area contributed by atoms with Gasteiger partial charge >= 0.3 is 0 Å². The fraction of sp³-hybridized carbons (Fsp3) is 0.263. The zero-order valence-electron chi connectivity index (χ0n) is 14.7. The second-order valence-corrected chi connectivity index (χ2v) is 7.23. The van der Waals surface area contributed by atoms with Crippen LogP contribution in [0.3, 0.4) is 0 Å². The van der Waals surface area contributed by atoms with Crippen molar-refractivity contribution in [3.8, 4) is 11.6 Å². The highest BCUT2D eigenvalue weighted by Crippen LogP contribution is 2.44. The first-order valence-corrected chi connectivity index (χ1v) is 8.74. The Bertz CT molecular complexity index is 1110. The van der Waals surface area contributed by atoms with Crippen molar-refractivity contribution in [2.24, 2.45) is 10.9 Å². The molecule has 7 heteroatoms. The molecule has 0 aliphatic carbocycles. The van der Waals surface area contributed by atoms with E-state index in [4.69, 9.17) is 16.0 Å². The summed E-state index contributed by atoms with van der Waals surface area (Å²) in [6.07, 6.45) is 1.63. The number of nitrogens with zero attached hydrogens (tertiary/aromatic N) is 3. The molecular formula is C19H18ClN3O3. The fourth-order valence-corrected chi connectivity index (χ4v) is 3.55. The zero-order valence-corrected chi connectivity index (χ0v) is 15.4. The summed E-state index contributed by atoms with van der Waals surface area (Å²) >= 11 is 6.09. The molecule has 0 atom stereocenters. The molecular weight excluding hydrogens is 354 g/mol. The molecule has 0 bridgehead atoms. The lowest BCUT2D eigenvalue weighted by atomic mass is 10.1. The van der Waals surface area contributed by atoms with E-state index in [2.05, 4.69) is 18.8 Å². The van der Waals surface area contributed by atoms with Crippen molar-refractivity contribution in [2.45, 2.75) is 20.8 Å². The van der Waals surface area contributed by atoms with Gasteiger partial charge in [0.05, 0.1) is 22.8 Å². The smallest absolute Gasteiger partial charge is 0.269 e. The van der Waals surface area contributed by atoms with Gasteiger partial charge in [0.2, 0.25) is 11.8 Å². The summed E-state index contributed by atoms with van der Waals surface area (Å²) in [7, 11) is 0. The fourth-order valence-electron chi connectivity index (χ4n) is 3.36. The molecule has 26 heavy (non-hydrogen) atoms. The molecule has 1 aliphatic rings. The van der Waals surface area contributed by atoms with Gasteiger partial charge in [0.25, 0.3) is 5.56 Å². The van der Waals surface area contributed by atoms with Crippen LogP contribution in [0.15, 0.2) is 38.5 Å². The molecule has 0 radical (unpaired) electrons. The molecule has 0 spiro atoms. The van der Waals surface area contributed by atoms with Crippen molar-refractivity contribution in [3.63, 3.8) is 0 Å². The van der Waals surface area contributed by atoms with Gasteiger partial charge in [-0.05, 0) is 31.0 Å². The molecule has 0 amide bonds. The minimum absolute atomic E-state index is 0.154. The van der Waals surface area contributed by atoms with Crippen LogP contribution in [0.2, 0.25) is 5.02 Å². The molecule has 0 saturated carbocycles. The zero-order chi connectivity index (χ0) is 18.6. The average Bonchev–Trinajstić information content (AvgIpc) is 2.90. The molecule has 3 aromatic rings. The van der Waals surface area contributed by atoms with Crippen LogP contribution in [0.25, 0.3) is 16.5 Å². The summed E-state index contributed by atoms with van der Waals surface area (Å²) in [5, 5.41) is 12.5. The van der Waals surface area contributed by atoms with Crippen molar-refractivity contribution in [3.05, 3.63) is 45.4 Å². The third-order valence-electron chi connectivity index (χ3n) is 4.37. The van der Waals surface area contributed by atoms with E-state index in [9.17, 15) is 9.90 Å². The summed E-state index contributed by atoms with van der Waals surface area (Å²) in [5.41, 5.74) is 0.653. The number of furan rings is 1. The summed E-state index contributed by atoms with van der Waals surface area (Å²) in [5.74, 6) is 0.995. The normalized spacial score (nSPS) is 13.2.